The Hall–Kier alpha value is 0.499. The van der Waals surface area contributed by atoms with Crippen molar-refractivity contribution in [3.05, 3.63) is 17.0 Å². The van der Waals surface area contributed by atoms with Gasteiger partial charge in [0.05, 0.1) is 0 Å². The Morgan fingerprint density at radius 3 is 2.82 bits per heavy atom. The van der Waals surface area contributed by atoms with Crippen LogP contribution in [0.3, 0.4) is 0 Å². The zero-order valence-corrected chi connectivity index (χ0v) is 13.7. The van der Waals surface area contributed by atoms with E-state index in [2.05, 4.69) is 0 Å². The van der Waals surface area contributed by atoms with E-state index in [-0.39, 0.29) is 0 Å². The Morgan fingerprint density at radius 1 is 1.41 bits per heavy atom. The summed E-state index contributed by atoms with van der Waals surface area (Å²) in [7, 11) is 0. The van der Waals surface area contributed by atoms with Gasteiger partial charge in [-0.25, -0.2) is 0 Å². The molecule has 1 aromatic heterocycles. The molecule has 1 rings (SSSR count). The fourth-order valence-electron chi connectivity index (χ4n) is 1.12. The molecule has 98 valence electrons. The topological polar surface area (TPSA) is 0 Å². The summed E-state index contributed by atoms with van der Waals surface area (Å²) in [5.74, 6) is -4.17. The summed E-state index contributed by atoms with van der Waals surface area (Å²) in [6, 6.07) is 2.68. The van der Waals surface area contributed by atoms with Crippen molar-refractivity contribution in [2.24, 2.45) is 5.89 Å². The van der Waals surface area contributed by atoms with E-state index in [9.17, 15) is 0 Å². The molecule has 0 nitrogen and oxygen atoms in total. The molecule has 1 aromatic rings. The summed E-state index contributed by atoms with van der Waals surface area (Å²) < 4.78 is 137. The van der Waals surface area contributed by atoms with E-state index in [1.165, 1.54) is 6.07 Å². The average molecular weight is 376 g/mol. The van der Waals surface area contributed by atoms with Gasteiger partial charge in [0.1, 0.15) is 0 Å². The molecule has 0 radical (unpaired) electrons. The Labute approximate surface area is 140 Å². The fraction of sp³-hybridized carbons (Fsp3) is 0.733. The molecule has 1 heterocycles. The number of hydrogen-bond donors (Lipinski definition) is 0. The first-order chi connectivity index (χ1) is 14.5. The van der Waals surface area contributed by atoms with Crippen molar-refractivity contribution in [3.8, 4) is 0 Å². The van der Waals surface area contributed by atoms with Gasteiger partial charge in [-0.15, -0.1) is 0 Å². The normalized spacial score (nSPS) is 36.3. The quantitative estimate of drug-likeness (QED) is 0.584. The SMILES string of the molecule is [2H]C([2H])([2H])C([2H])([2H])C([2H])([2H])C([2H])([2H])C([2H])(C([2H])([2H])c1cc[c]([Sn]([CH3])([CH3])[CH3])s1)C([2H])([2H])C([2H])([2H])[2H]. The molecule has 17 heavy (non-hydrogen) atoms. The molecule has 1 unspecified atom stereocenters. The standard InChI is InChI=1S/C12H19S.3CH3.Sn/c1-3-5-7-11(4-2)10-12-8-6-9-13-12;;;;/h6,8,11H,3-5,7,10H2,1-2H3;3*1H3;/i1D3,2D3,3D2,4D2,5D2,7D2,10D2,11D;;;;. The summed E-state index contributed by atoms with van der Waals surface area (Å²) in [5, 5.41) is 0. The van der Waals surface area contributed by atoms with Crippen LogP contribution in [0, 0.1) is 5.89 Å². The predicted octanol–water partition coefficient (Wildman–Crippen LogP) is 5.05. The van der Waals surface area contributed by atoms with Crippen molar-refractivity contribution in [1.82, 2.24) is 0 Å². The van der Waals surface area contributed by atoms with E-state index in [1.54, 1.807) is 0 Å². The van der Waals surface area contributed by atoms with Gasteiger partial charge in [-0.3, -0.25) is 0 Å². The summed E-state index contributed by atoms with van der Waals surface area (Å²) in [4.78, 5) is 5.47. The summed E-state index contributed by atoms with van der Waals surface area (Å²) >= 11 is -2.08. The first-order valence-electron chi connectivity index (χ1n) is 13.6. The molecule has 0 amide bonds. The van der Waals surface area contributed by atoms with Crippen molar-refractivity contribution in [2.45, 2.75) is 60.4 Å². The van der Waals surface area contributed by atoms with Crippen LogP contribution in [0.15, 0.2) is 12.1 Å². The van der Waals surface area contributed by atoms with Crippen molar-refractivity contribution in [2.75, 3.05) is 0 Å². The van der Waals surface area contributed by atoms with Gasteiger partial charge in [0, 0.05) is 0 Å². The van der Waals surface area contributed by atoms with Gasteiger partial charge < -0.3 is 0 Å². The Bertz CT molecular complexity index is 888. The monoisotopic (exact) mass is 377 g/mol. The molecule has 1 atom stereocenters. The van der Waals surface area contributed by atoms with Gasteiger partial charge in [-0.1, -0.05) is 0 Å². The van der Waals surface area contributed by atoms with Gasteiger partial charge in [0.2, 0.25) is 0 Å². The second-order valence-electron chi connectivity index (χ2n) is 4.41. The van der Waals surface area contributed by atoms with Gasteiger partial charge >= 0.3 is 139 Å². The zero-order valence-electron chi connectivity index (χ0n) is 27.1. The van der Waals surface area contributed by atoms with Crippen molar-refractivity contribution in [3.63, 3.8) is 0 Å². The van der Waals surface area contributed by atoms with Gasteiger partial charge in [0.25, 0.3) is 0 Å². The minimum atomic E-state index is -4.31. The van der Waals surface area contributed by atoms with Crippen LogP contribution < -0.4 is 2.89 Å². The van der Waals surface area contributed by atoms with Gasteiger partial charge in [-0.05, 0) is 0 Å². The predicted molar refractivity (Wildman–Crippen MR) is 84.3 cm³/mol. The first-order valence-corrected chi connectivity index (χ1v) is 15.9. The van der Waals surface area contributed by atoms with Crippen LogP contribution in [0.4, 0.5) is 0 Å². The summed E-state index contributed by atoms with van der Waals surface area (Å²) in [6.07, 6.45) is -20.2. The molecule has 0 aliphatic heterocycles. The zero-order chi connectivity index (χ0) is 27.8. The maximum atomic E-state index is 8.78. The number of thiophene rings is 1. The van der Waals surface area contributed by atoms with E-state index in [0.717, 1.165) is 20.3 Å². The summed E-state index contributed by atoms with van der Waals surface area (Å²) in [5.41, 5.74) is 0. The van der Waals surface area contributed by atoms with Gasteiger partial charge in [0.15, 0.2) is 0 Å². The van der Waals surface area contributed by atoms with E-state index in [4.69, 9.17) is 23.3 Å². The molecule has 0 N–H and O–H groups in total. The number of rotatable bonds is 7. The second-order valence-corrected chi connectivity index (χ2v) is 20.9. The van der Waals surface area contributed by atoms with Crippen LogP contribution >= 0.6 is 11.3 Å². The third kappa shape index (κ3) is 5.33. The third-order valence-electron chi connectivity index (χ3n) is 1.97. The van der Waals surface area contributed by atoms with E-state index >= 15 is 0 Å². The maximum absolute atomic E-state index is 8.78. The first kappa shape index (κ1) is 4.00. The van der Waals surface area contributed by atoms with E-state index < -0.39 is 74.7 Å². The molecule has 0 fully saturated rings. The Morgan fingerprint density at radius 2 is 2.24 bits per heavy atom. The van der Waals surface area contributed by atoms with Crippen LogP contribution in [0.1, 0.15) is 67.4 Å². The molecule has 0 aromatic carbocycles. The van der Waals surface area contributed by atoms with Crippen LogP contribution in [-0.2, 0) is 6.37 Å². The molecule has 0 saturated heterocycles. The fourth-order valence-corrected chi connectivity index (χ4v) is 7.32. The molecule has 2 heteroatoms. The Balaban J connectivity index is 4.13. The second kappa shape index (κ2) is 7.18. The van der Waals surface area contributed by atoms with Crippen LogP contribution in [0.25, 0.3) is 0 Å². The van der Waals surface area contributed by atoms with Gasteiger partial charge in [-0.2, -0.15) is 0 Å². The van der Waals surface area contributed by atoms with E-state index in [1.807, 2.05) is 14.8 Å². The van der Waals surface area contributed by atoms with Crippen molar-refractivity contribution >= 4 is 32.6 Å². The van der Waals surface area contributed by atoms with Crippen LogP contribution in [0.5, 0.6) is 0 Å². The molecule has 0 spiro atoms. The average Bonchev–Trinajstić information content (AvgIpc) is 3.09. The summed E-state index contributed by atoms with van der Waals surface area (Å²) in [6.45, 7) is -7.66. The molecular weight excluding hydrogens is 331 g/mol. The van der Waals surface area contributed by atoms with Crippen molar-refractivity contribution in [1.29, 1.82) is 0 Å². The van der Waals surface area contributed by atoms with E-state index in [0.29, 0.717) is 0 Å². The van der Waals surface area contributed by atoms with Crippen LogP contribution in [-0.4, -0.2) is 18.4 Å². The number of hydrogen-bond acceptors (Lipinski definition) is 1. The molecular formula is C15H28SSn. The Kier molecular flexibility index (Phi) is 1.69. The minimum absolute atomic E-state index is 0.439. The molecule has 0 aliphatic rings. The third-order valence-corrected chi connectivity index (χ3v) is 12.5. The molecule has 0 saturated carbocycles. The van der Waals surface area contributed by atoms with Crippen molar-refractivity contribution < 1.29 is 23.3 Å². The van der Waals surface area contributed by atoms with Crippen LogP contribution in [0.2, 0.25) is 14.8 Å². The molecule has 0 bridgehead atoms. The molecule has 0 aliphatic carbocycles.